The van der Waals surface area contributed by atoms with Crippen molar-refractivity contribution in [1.82, 2.24) is 20.1 Å². The van der Waals surface area contributed by atoms with Gasteiger partial charge in [-0.3, -0.25) is 4.79 Å². The number of aromatic amines is 1. The lowest BCUT2D eigenvalue weighted by molar-refractivity contribution is 0.0351. The summed E-state index contributed by atoms with van der Waals surface area (Å²) in [5, 5.41) is 5.03. The minimum absolute atomic E-state index is 0. The van der Waals surface area contributed by atoms with E-state index >= 15 is 0 Å². The van der Waals surface area contributed by atoms with E-state index in [2.05, 4.69) is 20.1 Å². The summed E-state index contributed by atoms with van der Waals surface area (Å²) in [6, 6.07) is 12.4. The standard InChI is InChI=1S/C35H44N4O5.2ClH/c1-41-26-17-32(42-2)34-24(22-44-33(34)18-26)21-43-31-10-5-8-28-27(31)19-29(37-28)35(40)36-25-11-15-38(16-12-25)20-23-7-6-14-39-13-4-3-9-30(23)39;;/h5,8,10,17-19,22-23,25,30,37H,3-4,6-7,9,11-16,20-21H2,1-2H3,(H,36,40);2*1H/t23-,30+;;/m0../s1. The molecule has 9 nitrogen and oxygen atoms in total. The Labute approximate surface area is 283 Å². The van der Waals surface area contributed by atoms with E-state index in [1.807, 2.05) is 36.4 Å². The molecule has 3 saturated heterocycles. The number of hydrogen-bond donors (Lipinski definition) is 2. The Morgan fingerprint density at radius 1 is 0.957 bits per heavy atom. The highest BCUT2D eigenvalue weighted by Gasteiger charge is 2.34. The lowest BCUT2D eigenvalue weighted by Crippen LogP contribution is -2.52. The van der Waals surface area contributed by atoms with E-state index in [1.165, 1.54) is 51.7 Å². The van der Waals surface area contributed by atoms with Crippen LogP contribution in [-0.4, -0.2) is 79.7 Å². The Morgan fingerprint density at radius 3 is 2.59 bits per heavy atom. The first kappa shape index (κ1) is 34.2. The average molecular weight is 674 g/mol. The quantitative estimate of drug-likeness (QED) is 0.202. The summed E-state index contributed by atoms with van der Waals surface area (Å²) in [7, 11) is 3.24. The Morgan fingerprint density at radius 2 is 1.78 bits per heavy atom. The molecule has 1 amide bonds. The number of likely N-dealkylation sites (tertiary alicyclic amines) is 1. The number of piperidine rings is 3. The number of rotatable bonds is 9. The number of nitrogens with zero attached hydrogens (tertiary/aromatic N) is 2. The number of amides is 1. The summed E-state index contributed by atoms with van der Waals surface area (Å²) < 4.78 is 23.0. The van der Waals surface area contributed by atoms with Gasteiger partial charge >= 0.3 is 0 Å². The maximum Gasteiger partial charge on any atom is 0.267 e. The zero-order valence-corrected chi connectivity index (χ0v) is 28.4. The van der Waals surface area contributed by atoms with Crippen LogP contribution in [0.25, 0.3) is 21.9 Å². The van der Waals surface area contributed by atoms with Crippen molar-refractivity contribution in [3.05, 3.63) is 53.9 Å². The van der Waals surface area contributed by atoms with Gasteiger partial charge in [0.05, 0.1) is 25.9 Å². The van der Waals surface area contributed by atoms with Crippen LogP contribution in [-0.2, 0) is 6.61 Å². The number of ether oxygens (including phenoxy) is 3. The number of methoxy groups -OCH3 is 2. The molecule has 5 heterocycles. The number of nitrogens with one attached hydrogen (secondary N) is 2. The molecule has 3 aliphatic rings. The van der Waals surface area contributed by atoms with Gasteiger partial charge in [-0.25, -0.2) is 0 Å². The summed E-state index contributed by atoms with van der Waals surface area (Å²) in [6.07, 6.45) is 10.5. The van der Waals surface area contributed by atoms with E-state index in [0.717, 1.165) is 59.7 Å². The fourth-order valence-electron chi connectivity index (χ4n) is 7.73. The van der Waals surface area contributed by atoms with Gasteiger partial charge in [0.2, 0.25) is 0 Å². The highest BCUT2D eigenvalue weighted by atomic mass is 35.5. The van der Waals surface area contributed by atoms with Crippen LogP contribution in [0.3, 0.4) is 0 Å². The highest BCUT2D eigenvalue weighted by molar-refractivity contribution is 5.99. The van der Waals surface area contributed by atoms with Crippen molar-refractivity contribution >= 4 is 52.6 Å². The molecule has 250 valence electrons. The largest absolute Gasteiger partial charge is 0.496 e. The molecule has 2 aromatic heterocycles. The van der Waals surface area contributed by atoms with E-state index in [-0.39, 0.29) is 36.8 Å². The monoisotopic (exact) mass is 672 g/mol. The number of carbonyl (C=O) groups excluding carboxylic acids is 1. The van der Waals surface area contributed by atoms with Crippen molar-refractivity contribution in [3.63, 3.8) is 0 Å². The number of carbonyl (C=O) groups is 1. The smallest absolute Gasteiger partial charge is 0.267 e. The number of furan rings is 1. The summed E-state index contributed by atoms with van der Waals surface area (Å²) >= 11 is 0. The zero-order valence-electron chi connectivity index (χ0n) is 26.7. The lowest BCUT2D eigenvalue weighted by Gasteiger charge is -2.46. The molecule has 2 N–H and O–H groups in total. The van der Waals surface area contributed by atoms with Gasteiger partial charge in [0.15, 0.2) is 0 Å². The molecule has 0 unspecified atom stereocenters. The van der Waals surface area contributed by atoms with Gasteiger partial charge in [0.25, 0.3) is 5.91 Å². The summed E-state index contributed by atoms with van der Waals surface area (Å²) in [4.78, 5) is 22.0. The summed E-state index contributed by atoms with van der Waals surface area (Å²) in [5.41, 5.74) is 2.97. The Balaban J connectivity index is 0.00000208. The van der Waals surface area contributed by atoms with Crippen molar-refractivity contribution < 1.29 is 23.4 Å². The van der Waals surface area contributed by atoms with Crippen molar-refractivity contribution in [2.75, 3.05) is 46.9 Å². The third kappa shape index (κ3) is 7.08. The molecule has 4 aromatic rings. The molecule has 2 aromatic carbocycles. The van der Waals surface area contributed by atoms with E-state index < -0.39 is 0 Å². The van der Waals surface area contributed by atoms with Crippen LogP contribution in [0.1, 0.15) is 61.0 Å². The first-order valence-electron chi connectivity index (χ1n) is 16.2. The first-order chi connectivity index (χ1) is 21.6. The van der Waals surface area contributed by atoms with E-state index in [0.29, 0.717) is 35.1 Å². The third-order valence-corrected chi connectivity index (χ3v) is 10.0. The third-order valence-electron chi connectivity index (χ3n) is 10.0. The average Bonchev–Trinajstić information content (AvgIpc) is 3.69. The van der Waals surface area contributed by atoms with E-state index in [4.69, 9.17) is 18.6 Å². The Kier molecular flexibility index (Phi) is 11.3. The topological polar surface area (TPSA) is 92.2 Å². The van der Waals surface area contributed by atoms with Crippen LogP contribution in [0.2, 0.25) is 0 Å². The number of hydrogen-bond acceptors (Lipinski definition) is 7. The predicted molar refractivity (Wildman–Crippen MR) is 185 cm³/mol. The molecule has 0 spiro atoms. The van der Waals surface area contributed by atoms with Gasteiger partial charge < -0.3 is 38.7 Å². The molecule has 0 bridgehead atoms. The molecule has 0 radical (unpaired) electrons. The number of fused-ring (bicyclic) bond motifs is 3. The fraction of sp³-hybridized carbons (Fsp3) is 0.514. The second-order valence-electron chi connectivity index (χ2n) is 12.7. The number of H-pyrrole nitrogens is 1. The molecule has 46 heavy (non-hydrogen) atoms. The lowest BCUT2D eigenvalue weighted by atomic mass is 9.83. The second kappa shape index (κ2) is 15.2. The summed E-state index contributed by atoms with van der Waals surface area (Å²) in [6.45, 7) is 6.20. The van der Waals surface area contributed by atoms with Crippen LogP contribution in [0.4, 0.5) is 0 Å². The second-order valence-corrected chi connectivity index (χ2v) is 12.7. The minimum atomic E-state index is -0.0600. The number of halogens is 2. The molecule has 7 rings (SSSR count). The normalized spacial score (nSPS) is 20.8. The van der Waals surface area contributed by atoms with Crippen molar-refractivity contribution in [2.24, 2.45) is 5.92 Å². The van der Waals surface area contributed by atoms with Gasteiger partial charge in [-0.05, 0) is 75.7 Å². The van der Waals surface area contributed by atoms with Gasteiger partial charge in [-0.2, -0.15) is 0 Å². The number of benzene rings is 2. The highest BCUT2D eigenvalue weighted by Crippen LogP contribution is 2.36. The van der Waals surface area contributed by atoms with Crippen molar-refractivity contribution in [2.45, 2.75) is 63.6 Å². The SMILES string of the molecule is COc1cc(OC)c2c(COc3cccc4[nH]c(C(=O)NC5CCN(C[C@@H]6CCCN7CCCC[C@H]67)CC5)cc34)coc2c1.Cl.Cl. The van der Waals surface area contributed by atoms with Gasteiger partial charge in [-0.1, -0.05) is 12.5 Å². The van der Waals surface area contributed by atoms with Crippen LogP contribution in [0, 0.1) is 5.92 Å². The van der Waals surface area contributed by atoms with Crippen LogP contribution in [0.5, 0.6) is 17.2 Å². The Bertz CT molecular complexity index is 1610. The first-order valence-corrected chi connectivity index (χ1v) is 16.2. The molecule has 3 fully saturated rings. The maximum atomic E-state index is 13.3. The summed E-state index contributed by atoms with van der Waals surface area (Å²) in [5.74, 6) is 2.78. The van der Waals surface area contributed by atoms with Crippen LogP contribution >= 0.6 is 24.8 Å². The van der Waals surface area contributed by atoms with Gasteiger partial charge in [0.1, 0.15) is 35.1 Å². The fourth-order valence-corrected chi connectivity index (χ4v) is 7.73. The molecule has 0 aliphatic carbocycles. The Hall–Kier alpha value is -3.11. The van der Waals surface area contributed by atoms with Crippen LogP contribution in [0.15, 0.2) is 47.1 Å². The zero-order chi connectivity index (χ0) is 30.0. The van der Waals surface area contributed by atoms with E-state index in [1.54, 1.807) is 20.5 Å². The molecule has 2 atom stereocenters. The van der Waals surface area contributed by atoms with Gasteiger partial charge in [-0.15, -0.1) is 24.8 Å². The van der Waals surface area contributed by atoms with Crippen LogP contribution < -0.4 is 19.5 Å². The molecule has 3 aliphatic heterocycles. The minimum Gasteiger partial charge on any atom is -0.496 e. The molecule has 0 saturated carbocycles. The molecule has 11 heteroatoms. The number of aromatic nitrogens is 1. The van der Waals surface area contributed by atoms with Crippen molar-refractivity contribution in [3.8, 4) is 17.2 Å². The molecular formula is C35H46Cl2N4O5. The predicted octanol–water partition coefficient (Wildman–Crippen LogP) is 6.81. The van der Waals surface area contributed by atoms with Crippen molar-refractivity contribution in [1.29, 1.82) is 0 Å². The van der Waals surface area contributed by atoms with Gasteiger partial charge in [0, 0.05) is 60.3 Å². The van der Waals surface area contributed by atoms with E-state index in [9.17, 15) is 4.79 Å². The maximum absolute atomic E-state index is 13.3. The molecular weight excluding hydrogens is 627 g/mol.